The summed E-state index contributed by atoms with van der Waals surface area (Å²) in [6.45, 7) is 5.92. The normalized spacial score (nSPS) is 18.9. The van der Waals surface area contributed by atoms with Crippen molar-refractivity contribution in [1.29, 1.82) is 5.26 Å². The van der Waals surface area contributed by atoms with E-state index in [4.69, 9.17) is 5.26 Å². The Hall–Kier alpha value is -3.67. The van der Waals surface area contributed by atoms with Crippen molar-refractivity contribution in [2.75, 3.05) is 23.3 Å². The van der Waals surface area contributed by atoms with Gasteiger partial charge in [-0.15, -0.1) is 5.10 Å². The van der Waals surface area contributed by atoms with Crippen LogP contribution in [0.15, 0.2) is 41.5 Å². The van der Waals surface area contributed by atoms with Gasteiger partial charge in [-0.25, -0.2) is 18.9 Å². The fourth-order valence-corrected chi connectivity index (χ4v) is 4.06. The van der Waals surface area contributed by atoms with E-state index in [1.807, 2.05) is 6.07 Å². The van der Waals surface area contributed by atoms with Gasteiger partial charge in [-0.05, 0) is 42.5 Å². The van der Waals surface area contributed by atoms with Crippen LogP contribution in [0, 0.1) is 23.2 Å². The van der Waals surface area contributed by atoms with E-state index < -0.39 is 0 Å². The maximum absolute atomic E-state index is 12.8. The highest BCUT2D eigenvalue weighted by atomic mass is 16.2. The van der Waals surface area contributed by atoms with E-state index in [0.29, 0.717) is 34.6 Å². The van der Waals surface area contributed by atoms with Gasteiger partial charge in [0.15, 0.2) is 5.82 Å². The highest BCUT2D eigenvalue weighted by molar-refractivity contribution is 5.90. The number of hydrogen-bond acceptors (Lipinski definition) is 6. The van der Waals surface area contributed by atoms with Crippen LogP contribution in [-0.4, -0.2) is 38.2 Å². The lowest BCUT2D eigenvalue weighted by Gasteiger charge is -2.35. The average Bonchev–Trinajstić information content (AvgIpc) is 3.03. The molecule has 0 spiro atoms. The van der Waals surface area contributed by atoms with Crippen molar-refractivity contribution in [3.63, 3.8) is 0 Å². The Morgan fingerprint density at radius 1 is 1.23 bits per heavy atom. The number of carbonyl (C=O) groups excluding carboxylic acids is 1. The third kappa shape index (κ3) is 3.89. The summed E-state index contributed by atoms with van der Waals surface area (Å²) < 4.78 is 2.58. The Bertz CT molecular complexity index is 1160. The molecular formula is C21H23N7O2. The second-order valence-electron chi connectivity index (χ2n) is 7.97. The number of piperidine rings is 1. The molecule has 30 heavy (non-hydrogen) atoms. The molecule has 1 amide bonds. The molecule has 4 rings (SSSR count). The molecule has 0 aliphatic carbocycles. The van der Waals surface area contributed by atoms with Gasteiger partial charge in [0, 0.05) is 31.2 Å². The van der Waals surface area contributed by atoms with Crippen LogP contribution in [0.2, 0.25) is 0 Å². The fourth-order valence-electron chi connectivity index (χ4n) is 4.06. The molecule has 0 saturated carbocycles. The Balaban J connectivity index is 1.58. The van der Waals surface area contributed by atoms with Gasteiger partial charge in [-0.3, -0.25) is 4.79 Å². The lowest BCUT2D eigenvalue weighted by molar-refractivity contribution is -0.117. The number of nitrogens with zero attached hydrogens (tertiary/aromatic N) is 6. The maximum atomic E-state index is 12.8. The molecule has 1 aliphatic rings. The zero-order valence-corrected chi connectivity index (χ0v) is 16.9. The number of fused-ring (bicyclic) bond motifs is 1. The lowest BCUT2D eigenvalue weighted by atomic mass is 9.92. The lowest BCUT2D eigenvalue weighted by Crippen LogP contribution is -2.39. The number of rotatable bonds is 4. The number of amides is 1. The smallest absolute Gasteiger partial charge is 0.350 e. The third-order valence-electron chi connectivity index (χ3n) is 5.24. The Labute approximate surface area is 173 Å². The SMILES string of the molecule is C[C@@H]1C[C@@H](C)CN(c2nccn3c(=O)n(CC(=O)Nc4ccc(C#N)cc4)nc23)C1. The van der Waals surface area contributed by atoms with Gasteiger partial charge < -0.3 is 10.2 Å². The van der Waals surface area contributed by atoms with Crippen molar-refractivity contribution in [3.05, 3.63) is 52.7 Å². The van der Waals surface area contributed by atoms with Crippen LogP contribution >= 0.6 is 0 Å². The summed E-state index contributed by atoms with van der Waals surface area (Å²) in [5.74, 6) is 1.35. The predicted molar refractivity (Wildman–Crippen MR) is 112 cm³/mol. The summed E-state index contributed by atoms with van der Waals surface area (Å²) in [6.07, 6.45) is 4.33. The zero-order valence-electron chi connectivity index (χ0n) is 16.9. The summed E-state index contributed by atoms with van der Waals surface area (Å²) in [7, 11) is 0. The van der Waals surface area contributed by atoms with E-state index in [1.165, 1.54) is 4.40 Å². The van der Waals surface area contributed by atoms with Crippen molar-refractivity contribution in [2.45, 2.75) is 26.8 Å². The molecule has 1 fully saturated rings. The minimum atomic E-state index is -0.387. The Kier molecular flexibility index (Phi) is 5.23. The first-order chi connectivity index (χ1) is 14.4. The van der Waals surface area contributed by atoms with Crippen molar-refractivity contribution in [2.24, 2.45) is 11.8 Å². The van der Waals surface area contributed by atoms with Gasteiger partial charge >= 0.3 is 5.69 Å². The molecule has 0 unspecified atom stereocenters. The molecule has 9 nitrogen and oxygen atoms in total. The van der Waals surface area contributed by atoms with Crippen molar-refractivity contribution in [1.82, 2.24) is 19.2 Å². The molecule has 3 heterocycles. The van der Waals surface area contributed by atoms with Crippen LogP contribution in [0.1, 0.15) is 25.8 Å². The number of nitriles is 1. The van der Waals surface area contributed by atoms with Gasteiger partial charge in [0.05, 0.1) is 11.6 Å². The summed E-state index contributed by atoms with van der Waals surface area (Å²) in [5.41, 5.74) is 1.12. The first kappa shape index (κ1) is 19.6. The van der Waals surface area contributed by atoms with Crippen LogP contribution < -0.4 is 15.9 Å². The molecule has 1 saturated heterocycles. The predicted octanol–water partition coefficient (Wildman–Crippen LogP) is 1.88. The van der Waals surface area contributed by atoms with Gasteiger partial charge in [0.1, 0.15) is 6.54 Å². The zero-order chi connectivity index (χ0) is 21.3. The third-order valence-corrected chi connectivity index (χ3v) is 5.24. The highest BCUT2D eigenvalue weighted by Gasteiger charge is 2.25. The summed E-state index contributed by atoms with van der Waals surface area (Å²) >= 11 is 0. The minimum Gasteiger partial charge on any atom is -0.353 e. The number of nitrogens with one attached hydrogen (secondary N) is 1. The molecule has 1 aliphatic heterocycles. The molecule has 0 bridgehead atoms. The van der Waals surface area contributed by atoms with Gasteiger partial charge in [0.2, 0.25) is 11.6 Å². The minimum absolute atomic E-state index is 0.216. The second kappa shape index (κ2) is 7.99. The highest BCUT2D eigenvalue weighted by Crippen LogP contribution is 2.26. The molecule has 9 heteroatoms. The average molecular weight is 405 g/mol. The van der Waals surface area contributed by atoms with E-state index in [9.17, 15) is 9.59 Å². The van der Waals surface area contributed by atoms with E-state index in [2.05, 4.69) is 34.1 Å². The summed E-state index contributed by atoms with van der Waals surface area (Å²) in [5, 5.41) is 16.0. The van der Waals surface area contributed by atoms with E-state index in [0.717, 1.165) is 24.2 Å². The Morgan fingerprint density at radius 2 is 1.93 bits per heavy atom. The first-order valence-corrected chi connectivity index (χ1v) is 9.93. The van der Waals surface area contributed by atoms with Crippen molar-refractivity contribution < 1.29 is 4.79 Å². The fraction of sp³-hybridized carbons (Fsp3) is 0.381. The summed E-state index contributed by atoms with van der Waals surface area (Å²) in [4.78, 5) is 31.8. The molecule has 1 N–H and O–H groups in total. The molecule has 2 atom stereocenters. The molecule has 0 radical (unpaired) electrons. The number of benzene rings is 1. The molecule has 1 aromatic carbocycles. The van der Waals surface area contributed by atoms with Crippen LogP contribution in [0.3, 0.4) is 0 Å². The number of anilines is 2. The van der Waals surface area contributed by atoms with Crippen LogP contribution in [0.25, 0.3) is 5.65 Å². The largest absolute Gasteiger partial charge is 0.353 e. The van der Waals surface area contributed by atoms with Crippen molar-refractivity contribution in [3.8, 4) is 6.07 Å². The first-order valence-electron chi connectivity index (χ1n) is 9.93. The monoisotopic (exact) mass is 405 g/mol. The molecular weight excluding hydrogens is 382 g/mol. The molecule has 154 valence electrons. The second-order valence-corrected chi connectivity index (χ2v) is 7.97. The van der Waals surface area contributed by atoms with Crippen LogP contribution in [0.4, 0.5) is 11.5 Å². The number of hydrogen-bond donors (Lipinski definition) is 1. The van der Waals surface area contributed by atoms with Crippen LogP contribution in [0.5, 0.6) is 0 Å². The molecule has 3 aromatic rings. The van der Waals surface area contributed by atoms with Crippen LogP contribution in [-0.2, 0) is 11.3 Å². The maximum Gasteiger partial charge on any atom is 0.350 e. The van der Waals surface area contributed by atoms with E-state index in [-0.39, 0.29) is 18.1 Å². The standard InChI is InChI=1S/C21H23N7O2/c1-14-9-15(2)12-26(11-14)19-20-25-28(21(30)27(20)8-7-23-19)13-18(29)24-17-5-3-16(10-22)4-6-17/h3-8,14-15H,9,11-13H2,1-2H3,(H,24,29)/t14-,15-/m1/s1. The van der Waals surface area contributed by atoms with E-state index in [1.54, 1.807) is 36.7 Å². The number of aromatic nitrogens is 4. The van der Waals surface area contributed by atoms with E-state index >= 15 is 0 Å². The van der Waals surface area contributed by atoms with Gasteiger partial charge in [0.25, 0.3) is 0 Å². The summed E-state index contributed by atoms with van der Waals surface area (Å²) in [6, 6.07) is 8.54. The van der Waals surface area contributed by atoms with Crippen molar-refractivity contribution >= 4 is 23.1 Å². The quantitative estimate of drug-likeness (QED) is 0.710. The molecule has 2 aromatic heterocycles. The topological polar surface area (TPSA) is 108 Å². The van der Waals surface area contributed by atoms with Gasteiger partial charge in [-0.2, -0.15) is 5.26 Å². The number of carbonyl (C=O) groups is 1. The van der Waals surface area contributed by atoms with Gasteiger partial charge in [-0.1, -0.05) is 13.8 Å². The Morgan fingerprint density at radius 3 is 2.60 bits per heavy atom.